The van der Waals surface area contributed by atoms with Crippen LogP contribution in [-0.4, -0.2) is 34.8 Å². The van der Waals surface area contributed by atoms with E-state index in [1.807, 2.05) is 37.3 Å². The zero-order chi connectivity index (χ0) is 15.7. The van der Waals surface area contributed by atoms with Crippen molar-refractivity contribution in [3.8, 4) is 0 Å². The van der Waals surface area contributed by atoms with Gasteiger partial charge in [0.2, 0.25) is 5.91 Å². The number of rotatable bonds is 2. The molecule has 1 aliphatic heterocycles. The third kappa shape index (κ3) is 2.66. The summed E-state index contributed by atoms with van der Waals surface area (Å²) in [5, 5.41) is 0.847. The summed E-state index contributed by atoms with van der Waals surface area (Å²) in [5.74, 6) is -0.618. The van der Waals surface area contributed by atoms with Crippen molar-refractivity contribution in [2.75, 3.05) is 13.1 Å². The van der Waals surface area contributed by atoms with Gasteiger partial charge >= 0.3 is 0 Å². The molecule has 2 aromatic rings. The Hall–Kier alpha value is -2.43. The standard InChI is InChI=1S/C17H19N3O2/c1-11-9-14(13-6-2-3-7-15(13)19-11)17(22)20-8-4-5-12(10-20)16(18)21/h2-3,6-7,9,12H,4-5,8,10H2,1H3,(H2,18,21). The fourth-order valence-corrected chi connectivity index (χ4v) is 3.05. The molecule has 2 N–H and O–H groups in total. The monoisotopic (exact) mass is 297 g/mol. The quantitative estimate of drug-likeness (QED) is 0.919. The molecule has 0 radical (unpaired) electrons. The first kappa shape index (κ1) is 14.5. The van der Waals surface area contributed by atoms with Crippen molar-refractivity contribution < 1.29 is 9.59 Å². The number of carbonyl (C=O) groups is 2. The topological polar surface area (TPSA) is 76.3 Å². The van der Waals surface area contributed by atoms with Crippen LogP contribution < -0.4 is 5.73 Å². The number of nitrogens with zero attached hydrogens (tertiary/aromatic N) is 2. The van der Waals surface area contributed by atoms with E-state index in [4.69, 9.17) is 5.73 Å². The van der Waals surface area contributed by atoms with Crippen molar-refractivity contribution >= 4 is 22.7 Å². The Morgan fingerprint density at radius 2 is 2.09 bits per heavy atom. The molecule has 0 bridgehead atoms. The van der Waals surface area contributed by atoms with Crippen molar-refractivity contribution in [3.63, 3.8) is 0 Å². The lowest BCUT2D eigenvalue weighted by Crippen LogP contribution is -2.44. The summed E-state index contributed by atoms with van der Waals surface area (Å²) in [4.78, 5) is 30.5. The molecular formula is C17H19N3O2. The van der Waals surface area contributed by atoms with Gasteiger partial charge in [0.25, 0.3) is 5.91 Å². The number of aryl methyl sites for hydroxylation is 1. The first-order valence-corrected chi connectivity index (χ1v) is 7.51. The first-order chi connectivity index (χ1) is 10.6. The van der Waals surface area contributed by atoms with E-state index in [1.165, 1.54) is 0 Å². The maximum Gasteiger partial charge on any atom is 0.254 e. The van der Waals surface area contributed by atoms with Crippen molar-refractivity contribution in [2.24, 2.45) is 11.7 Å². The smallest absolute Gasteiger partial charge is 0.254 e. The number of amides is 2. The third-order valence-corrected chi connectivity index (χ3v) is 4.19. The molecule has 0 spiro atoms. The van der Waals surface area contributed by atoms with Crippen LogP contribution in [0.25, 0.3) is 10.9 Å². The average Bonchev–Trinajstić information content (AvgIpc) is 2.53. The number of piperidine rings is 1. The molecule has 114 valence electrons. The molecule has 22 heavy (non-hydrogen) atoms. The number of likely N-dealkylation sites (tertiary alicyclic amines) is 1. The SMILES string of the molecule is Cc1cc(C(=O)N2CCCC(C(N)=O)C2)c2ccccc2n1. The highest BCUT2D eigenvalue weighted by atomic mass is 16.2. The Balaban J connectivity index is 1.97. The maximum absolute atomic E-state index is 12.9. The molecule has 1 aliphatic rings. The van der Waals surface area contributed by atoms with E-state index >= 15 is 0 Å². The molecule has 2 heterocycles. The molecule has 2 amide bonds. The van der Waals surface area contributed by atoms with Crippen LogP contribution in [0, 0.1) is 12.8 Å². The van der Waals surface area contributed by atoms with Crippen molar-refractivity contribution in [1.29, 1.82) is 0 Å². The van der Waals surface area contributed by atoms with E-state index in [0.717, 1.165) is 29.4 Å². The number of aromatic nitrogens is 1. The average molecular weight is 297 g/mol. The van der Waals surface area contributed by atoms with E-state index in [-0.39, 0.29) is 17.7 Å². The van der Waals surface area contributed by atoms with Crippen molar-refractivity contribution in [2.45, 2.75) is 19.8 Å². The van der Waals surface area contributed by atoms with Gasteiger partial charge in [0.15, 0.2) is 0 Å². The number of hydrogen-bond donors (Lipinski definition) is 1. The van der Waals surface area contributed by atoms with Gasteiger partial charge in [-0.25, -0.2) is 0 Å². The predicted molar refractivity (Wildman–Crippen MR) is 84.3 cm³/mol. The zero-order valence-electron chi connectivity index (χ0n) is 12.6. The van der Waals surface area contributed by atoms with Crippen LogP contribution in [0.5, 0.6) is 0 Å². The molecule has 0 aliphatic carbocycles. The van der Waals surface area contributed by atoms with E-state index in [0.29, 0.717) is 18.7 Å². The Morgan fingerprint density at radius 1 is 1.32 bits per heavy atom. The number of pyridine rings is 1. The highest BCUT2D eigenvalue weighted by Crippen LogP contribution is 2.23. The summed E-state index contributed by atoms with van der Waals surface area (Å²) in [7, 11) is 0. The third-order valence-electron chi connectivity index (χ3n) is 4.19. The van der Waals surface area contributed by atoms with Crippen LogP contribution in [0.1, 0.15) is 28.9 Å². The zero-order valence-corrected chi connectivity index (χ0v) is 12.6. The second-order valence-corrected chi connectivity index (χ2v) is 5.82. The molecule has 3 rings (SSSR count). The summed E-state index contributed by atoms with van der Waals surface area (Å²) in [6.07, 6.45) is 1.57. The lowest BCUT2D eigenvalue weighted by molar-refractivity contribution is -0.123. The number of hydrogen-bond acceptors (Lipinski definition) is 3. The molecule has 1 fully saturated rings. The lowest BCUT2D eigenvalue weighted by Gasteiger charge is -2.31. The highest BCUT2D eigenvalue weighted by Gasteiger charge is 2.28. The highest BCUT2D eigenvalue weighted by molar-refractivity contribution is 6.06. The number of para-hydroxylation sites is 1. The second kappa shape index (κ2) is 5.75. The number of primary amides is 1. The molecule has 1 atom stereocenters. The molecule has 1 unspecified atom stereocenters. The van der Waals surface area contributed by atoms with Crippen LogP contribution >= 0.6 is 0 Å². The first-order valence-electron chi connectivity index (χ1n) is 7.51. The summed E-state index contributed by atoms with van der Waals surface area (Å²) in [6.45, 7) is 2.95. The second-order valence-electron chi connectivity index (χ2n) is 5.82. The van der Waals surface area contributed by atoms with Gasteiger partial charge in [0.05, 0.1) is 17.0 Å². The number of benzene rings is 1. The normalized spacial score (nSPS) is 18.4. The molecule has 5 nitrogen and oxygen atoms in total. The summed E-state index contributed by atoms with van der Waals surface area (Å²) in [6, 6.07) is 9.44. The Bertz CT molecular complexity index is 742. The van der Waals surface area contributed by atoms with E-state index in [1.54, 1.807) is 4.90 Å². The van der Waals surface area contributed by atoms with Gasteiger partial charge in [-0.2, -0.15) is 0 Å². The van der Waals surface area contributed by atoms with Gasteiger partial charge in [0, 0.05) is 24.2 Å². The van der Waals surface area contributed by atoms with Gasteiger partial charge in [-0.3, -0.25) is 14.6 Å². The lowest BCUT2D eigenvalue weighted by atomic mass is 9.96. The number of fused-ring (bicyclic) bond motifs is 1. The minimum Gasteiger partial charge on any atom is -0.369 e. The predicted octanol–water partition coefficient (Wildman–Crippen LogP) is 1.88. The minimum atomic E-state index is -0.326. The molecule has 1 saturated heterocycles. The van der Waals surface area contributed by atoms with Crippen LogP contribution in [0.4, 0.5) is 0 Å². The van der Waals surface area contributed by atoms with Gasteiger partial charge in [-0.1, -0.05) is 18.2 Å². The molecule has 0 saturated carbocycles. The fourth-order valence-electron chi connectivity index (χ4n) is 3.05. The molecule has 1 aromatic heterocycles. The van der Waals surface area contributed by atoms with Crippen LogP contribution in [0.3, 0.4) is 0 Å². The van der Waals surface area contributed by atoms with Crippen LogP contribution in [0.15, 0.2) is 30.3 Å². The summed E-state index contributed by atoms with van der Waals surface area (Å²) in [5.41, 5.74) is 7.67. The number of carbonyl (C=O) groups excluding carboxylic acids is 2. The van der Waals surface area contributed by atoms with E-state index < -0.39 is 0 Å². The van der Waals surface area contributed by atoms with Gasteiger partial charge in [-0.15, -0.1) is 0 Å². The maximum atomic E-state index is 12.9. The van der Waals surface area contributed by atoms with Crippen molar-refractivity contribution in [3.05, 3.63) is 41.6 Å². The summed E-state index contributed by atoms with van der Waals surface area (Å²) >= 11 is 0. The Morgan fingerprint density at radius 3 is 2.86 bits per heavy atom. The number of nitrogens with two attached hydrogens (primary N) is 1. The molecular weight excluding hydrogens is 278 g/mol. The Kier molecular flexibility index (Phi) is 3.79. The largest absolute Gasteiger partial charge is 0.369 e. The molecule has 1 aromatic carbocycles. The van der Waals surface area contributed by atoms with Crippen molar-refractivity contribution in [1.82, 2.24) is 9.88 Å². The fraction of sp³-hybridized carbons (Fsp3) is 0.353. The van der Waals surface area contributed by atoms with E-state index in [2.05, 4.69) is 4.98 Å². The summed E-state index contributed by atoms with van der Waals surface area (Å²) < 4.78 is 0. The van der Waals surface area contributed by atoms with E-state index in [9.17, 15) is 9.59 Å². The van der Waals surface area contributed by atoms with Gasteiger partial charge < -0.3 is 10.6 Å². The van der Waals surface area contributed by atoms with Gasteiger partial charge in [0.1, 0.15) is 0 Å². The Labute approximate surface area is 129 Å². The van der Waals surface area contributed by atoms with Crippen LogP contribution in [0.2, 0.25) is 0 Å². The molecule has 5 heteroatoms. The van der Waals surface area contributed by atoms with Gasteiger partial charge in [-0.05, 0) is 31.9 Å². The van der Waals surface area contributed by atoms with Crippen LogP contribution in [-0.2, 0) is 4.79 Å². The minimum absolute atomic E-state index is 0.0485.